The van der Waals surface area contributed by atoms with Crippen LogP contribution in [0.3, 0.4) is 0 Å². The van der Waals surface area contributed by atoms with Crippen LogP contribution in [0.15, 0.2) is 10.3 Å². The summed E-state index contributed by atoms with van der Waals surface area (Å²) in [5.74, 6) is -0.472. The molecule has 1 fully saturated rings. The van der Waals surface area contributed by atoms with Crippen molar-refractivity contribution in [2.24, 2.45) is 5.92 Å². The van der Waals surface area contributed by atoms with Gasteiger partial charge in [-0.2, -0.15) is 4.31 Å². The summed E-state index contributed by atoms with van der Waals surface area (Å²) in [5, 5.41) is 9.02. The van der Waals surface area contributed by atoms with Gasteiger partial charge in [-0.05, 0) is 37.3 Å². The number of aromatic carboxylic acids is 1. The topological polar surface area (TPSA) is 74.7 Å². The van der Waals surface area contributed by atoms with Gasteiger partial charge in [0.25, 0.3) is 10.0 Å². The van der Waals surface area contributed by atoms with Crippen LogP contribution in [0, 0.1) is 12.8 Å². The van der Waals surface area contributed by atoms with Crippen LogP contribution >= 0.6 is 11.3 Å². The maximum Gasteiger partial charge on any atom is 0.346 e. The molecule has 7 heteroatoms. The maximum atomic E-state index is 12.5. The Labute approximate surface area is 123 Å². The van der Waals surface area contributed by atoms with Gasteiger partial charge in [-0.25, -0.2) is 13.2 Å². The first-order chi connectivity index (χ1) is 9.36. The molecular formula is C13H19NO4S2. The number of aryl methyl sites for hydroxylation is 1. The molecule has 0 radical (unpaired) electrons. The van der Waals surface area contributed by atoms with Crippen LogP contribution in [0.2, 0.25) is 0 Å². The number of carboxylic acid groups (broad SMARTS) is 1. The number of thiophene rings is 1. The van der Waals surface area contributed by atoms with E-state index in [1.807, 2.05) is 0 Å². The third-order valence-electron chi connectivity index (χ3n) is 3.83. The summed E-state index contributed by atoms with van der Waals surface area (Å²) >= 11 is 0.846. The summed E-state index contributed by atoms with van der Waals surface area (Å²) in [6.07, 6.45) is 2.84. The molecule has 20 heavy (non-hydrogen) atoms. The van der Waals surface area contributed by atoms with Crippen molar-refractivity contribution in [2.75, 3.05) is 13.1 Å². The normalized spacial score (nSPS) is 18.3. The van der Waals surface area contributed by atoms with E-state index in [0.717, 1.165) is 30.6 Å². The van der Waals surface area contributed by atoms with Crippen molar-refractivity contribution in [2.45, 2.75) is 37.3 Å². The minimum absolute atomic E-state index is 0.104. The molecule has 1 N–H and O–H groups in total. The van der Waals surface area contributed by atoms with E-state index >= 15 is 0 Å². The molecule has 1 aromatic rings. The molecule has 0 aliphatic carbocycles. The molecule has 1 aromatic heterocycles. The van der Waals surface area contributed by atoms with Gasteiger partial charge in [0.2, 0.25) is 0 Å². The molecule has 0 saturated carbocycles. The summed E-state index contributed by atoms with van der Waals surface area (Å²) in [4.78, 5) is 11.1. The Bertz CT molecular complexity index is 598. The number of rotatable bonds is 4. The third kappa shape index (κ3) is 2.89. The average Bonchev–Trinajstić information content (AvgIpc) is 2.82. The number of hydrogen-bond acceptors (Lipinski definition) is 4. The van der Waals surface area contributed by atoms with Gasteiger partial charge in [-0.15, -0.1) is 11.3 Å². The minimum atomic E-state index is -3.54. The maximum absolute atomic E-state index is 12.5. The third-order valence-corrected chi connectivity index (χ3v) is 7.41. The van der Waals surface area contributed by atoms with Gasteiger partial charge in [0.1, 0.15) is 9.09 Å². The van der Waals surface area contributed by atoms with Gasteiger partial charge < -0.3 is 5.11 Å². The monoisotopic (exact) mass is 317 g/mol. The molecule has 2 heterocycles. The largest absolute Gasteiger partial charge is 0.477 e. The fourth-order valence-corrected chi connectivity index (χ4v) is 5.48. The number of hydrogen-bond donors (Lipinski definition) is 1. The van der Waals surface area contributed by atoms with Crippen molar-refractivity contribution in [3.8, 4) is 0 Å². The van der Waals surface area contributed by atoms with Crippen molar-refractivity contribution in [1.82, 2.24) is 4.31 Å². The second-order valence-corrected chi connectivity index (χ2v) is 8.36. The fourth-order valence-electron chi connectivity index (χ4n) is 2.48. The van der Waals surface area contributed by atoms with E-state index < -0.39 is 16.0 Å². The number of nitrogens with zero attached hydrogens (tertiary/aromatic N) is 1. The van der Waals surface area contributed by atoms with Crippen LogP contribution in [0.5, 0.6) is 0 Å². The van der Waals surface area contributed by atoms with Crippen LogP contribution in [0.1, 0.15) is 41.4 Å². The molecule has 1 saturated heterocycles. The van der Waals surface area contributed by atoms with E-state index in [4.69, 9.17) is 5.11 Å². The molecule has 1 aliphatic rings. The van der Waals surface area contributed by atoms with Gasteiger partial charge in [-0.1, -0.05) is 13.3 Å². The Morgan fingerprint density at radius 3 is 2.50 bits per heavy atom. The van der Waals surface area contributed by atoms with Crippen LogP contribution in [-0.4, -0.2) is 36.9 Å². The molecule has 0 aromatic carbocycles. The molecule has 112 valence electrons. The van der Waals surface area contributed by atoms with Gasteiger partial charge in [-0.3, -0.25) is 0 Å². The molecule has 0 spiro atoms. The Balaban J connectivity index is 2.23. The number of sulfonamides is 1. The first-order valence-electron chi connectivity index (χ1n) is 6.70. The molecular weight excluding hydrogens is 298 g/mol. The smallest absolute Gasteiger partial charge is 0.346 e. The average molecular weight is 317 g/mol. The van der Waals surface area contributed by atoms with Crippen molar-refractivity contribution < 1.29 is 18.3 Å². The highest BCUT2D eigenvalue weighted by molar-refractivity contribution is 7.91. The Hall–Kier alpha value is -0.920. The second kappa shape index (κ2) is 5.83. The second-order valence-electron chi connectivity index (χ2n) is 5.14. The molecule has 0 atom stereocenters. The van der Waals surface area contributed by atoms with E-state index in [1.165, 1.54) is 10.4 Å². The van der Waals surface area contributed by atoms with E-state index in [9.17, 15) is 13.2 Å². The van der Waals surface area contributed by atoms with Crippen LogP contribution in [0.25, 0.3) is 0 Å². The summed E-state index contributed by atoms with van der Waals surface area (Å²) in [7, 11) is -3.54. The lowest BCUT2D eigenvalue weighted by molar-refractivity contribution is 0.0701. The van der Waals surface area contributed by atoms with E-state index in [2.05, 4.69) is 6.92 Å². The standard InChI is InChI=1S/C13H19NO4S2/c1-3-10-4-6-14(7-5-10)20(17,18)11-8-9(2)12(19-11)13(15)16/h8,10H,3-7H2,1-2H3,(H,15,16). The van der Waals surface area contributed by atoms with Crippen molar-refractivity contribution >= 4 is 27.3 Å². The highest BCUT2D eigenvalue weighted by Crippen LogP contribution is 2.31. The lowest BCUT2D eigenvalue weighted by atomic mass is 9.96. The van der Waals surface area contributed by atoms with Gasteiger partial charge in [0, 0.05) is 13.1 Å². The van der Waals surface area contributed by atoms with E-state index in [0.29, 0.717) is 24.6 Å². The summed E-state index contributed by atoms with van der Waals surface area (Å²) in [6.45, 7) is 4.80. The molecule has 0 amide bonds. The van der Waals surface area contributed by atoms with Crippen molar-refractivity contribution in [3.63, 3.8) is 0 Å². The van der Waals surface area contributed by atoms with Crippen molar-refractivity contribution in [1.29, 1.82) is 0 Å². The summed E-state index contributed by atoms with van der Waals surface area (Å²) in [5.41, 5.74) is 0.504. The zero-order valence-corrected chi connectivity index (χ0v) is 13.3. The van der Waals surface area contributed by atoms with Gasteiger partial charge in [0.05, 0.1) is 0 Å². The SMILES string of the molecule is CCC1CCN(S(=O)(=O)c2cc(C)c(C(=O)O)s2)CC1. The quantitative estimate of drug-likeness (QED) is 0.926. The zero-order chi connectivity index (χ0) is 14.9. The molecule has 1 aliphatic heterocycles. The fraction of sp³-hybridized carbons (Fsp3) is 0.615. The van der Waals surface area contributed by atoms with Crippen LogP contribution in [-0.2, 0) is 10.0 Å². The predicted octanol–water partition coefficient (Wildman–Crippen LogP) is 2.57. The lowest BCUT2D eigenvalue weighted by Crippen LogP contribution is -2.38. The number of piperidine rings is 1. The Kier molecular flexibility index (Phi) is 4.51. The molecule has 0 bridgehead atoms. The van der Waals surface area contributed by atoms with Crippen LogP contribution in [0.4, 0.5) is 0 Å². The van der Waals surface area contributed by atoms with Crippen LogP contribution < -0.4 is 0 Å². The number of carboxylic acids is 1. The predicted molar refractivity (Wildman–Crippen MR) is 77.8 cm³/mol. The number of carbonyl (C=O) groups is 1. The Morgan fingerprint density at radius 1 is 1.45 bits per heavy atom. The first kappa shape index (κ1) is 15.5. The van der Waals surface area contributed by atoms with Gasteiger partial charge in [0.15, 0.2) is 0 Å². The molecule has 5 nitrogen and oxygen atoms in total. The lowest BCUT2D eigenvalue weighted by Gasteiger charge is -2.30. The minimum Gasteiger partial charge on any atom is -0.477 e. The van der Waals surface area contributed by atoms with Crippen molar-refractivity contribution in [3.05, 3.63) is 16.5 Å². The highest BCUT2D eigenvalue weighted by Gasteiger charge is 2.31. The zero-order valence-electron chi connectivity index (χ0n) is 11.6. The van der Waals surface area contributed by atoms with E-state index in [1.54, 1.807) is 6.92 Å². The highest BCUT2D eigenvalue weighted by atomic mass is 32.2. The first-order valence-corrected chi connectivity index (χ1v) is 8.95. The summed E-state index contributed by atoms with van der Waals surface area (Å²) in [6, 6.07) is 1.47. The molecule has 2 rings (SSSR count). The Morgan fingerprint density at radius 2 is 2.05 bits per heavy atom. The van der Waals surface area contributed by atoms with Gasteiger partial charge >= 0.3 is 5.97 Å². The van der Waals surface area contributed by atoms with E-state index in [-0.39, 0.29) is 9.09 Å². The molecule has 0 unspecified atom stereocenters. The summed E-state index contributed by atoms with van der Waals surface area (Å²) < 4.78 is 26.7.